The van der Waals surface area contributed by atoms with Gasteiger partial charge in [0, 0.05) is 32.9 Å². The topological polar surface area (TPSA) is 65.7 Å². The van der Waals surface area contributed by atoms with E-state index in [0.29, 0.717) is 24.5 Å². The maximum absolute atomic E-state index is 13.3. The van der Waals surface area contributed by atoms with Crippen LogP contribution >= 0.6 is 0 Å². The van der Waals surface area contributed by atoms with E-state index in [0.717, 1.165) is 0 Å². The van der Waals surface area contributed by atoms with Crippen molar-refractivity contribution in [1.82, 2.24) is 0 Å². The number of hydrogen-bond donors (Lipinski definition) is 2. The molecule has 6 heteroatoms. The van der Waals surface area contributed by atoms with Crippen molar-refractivity contribution in [3.8, 4) is 5.75 Å². The van der Waals surface area contributed by atoms with Crippen molar-refractivity contribution in [1.29, 1.82) is 0 Å². The van der Waals surface area contributed by atoms with E-state index in [1.54, 1.807) is 14.2 Å². The van der Waals surface area contributed by atoms with Crippen LogP contribution in [0.15, 0.2) is 12.1 Å². The zero-order chi connectivity index (χ0) is 13.5. The standard InChI is InChI=1S/C12H19FN2O3/c1-16-7-8(17-2)6-15-11-5-12(18-3)9(13)4-10(11)14/h4-5,8,15H,6-7,14H2,1-3H3. The predicted molar refractivity (Wildman–Crippen MR) is 68.5 cm³/mol. The van der Waals surface area contributed by atoms with Gasteiger partial charge in [-0.15, -0.1) is 0 Å². The first-order chi connectivity index (χ1) is 8.62. The van der Waals surface area contributed by atoms with Crippen LogP contribution < -0.4 is 15.8 Å². The van der Waals surface area contributed by atoms with E-state index in [1.807, 2.05) is 0 Å². The monoisotopic (exact) mass is 258 g/mol. The molecule has 18 heavy (non-hydrogen) atoms. The molecule has 0 saturated carbocycles. The minimum Gasteiger partial charge on any atom is -0.494 e. The lowest BCUT2D eigenvalue weighted by Crippen LogP contribution is -2.26. The molecule has 1 aromatic rings. The Labute approximate surface area is 106 Å². The van der Waals surface area contributed by atoms with E-state index in [1.165, 1.54) is 19.2 Å². The van der Waals surface area contributed by atoms with Gasteiger partial charge >= 0.3 is 0 Å². The van der Waals surface area contributed by atoms with E-state index in [2.05, 4.69) is 5.32 Å². The molecule has 3 N–H and O–H groups in total. The van der Waals surface area contributed by atoms with Crippen molar-refractivity contribution < 1.29 is 18.6 Å². The van der Waals surface area contributed by atoms with Gasteiger partial charge in [0.15, 0.2) is 11.6 Å². The third-order valence-electron chi connectivity index (χ3n) is 2.53. The second-order valence-electron chi connectivity index (χ2n) is 3.77. The highest BCUT2D eigenvalue weighted by Crippen LogP contribution is 2.27. The normalized spacial score (nSPS) is 12.2. The number of benzene rings is 1. The molecule has 5 nitrogen and oxygen atoms in total. The fourth-order valence-electron chi connectivity index (χ4n) is 1.50. The summed E-state index contributed by atoms with van der Waals surface area (Å²) >= 11 is 0. The van der Waals surface area contributed by atoms with Gasteiger partial charge in [-0.1, -0.05) is 0 Å². The van der Waals surface area contributed by atoms with Crippen LogP contribution in [0, 0.1) is 5.82 Å². The number of nitrogen functional groups attached to an aromatic ring is 1. The van der Waals surface area contributed by atoms with Crippen LogP contribution in [0.5, 0.6) is 5.75 Å². The Hall–Kier alpha value is -1.53. The van der Waals surface area contributed by atoms with E-state index in [-0.39, 0.29) is 11.9 Å². The second-order valence-corrected chi connectivity index (χ2v) is 3.77. The summed E-state index contributed by atoms with van der Waals surface area (Å²) in [5.74, 6) is -0.340. The molecule has 0 aliphatic carbocycles. The molecule has 0 aromatic heterocycles. The summed E-state index contributed by atoms with van der Waals surface area (Å²) in [7, 11) is 4.60. The molecule has 0 saturated heterocycles. The summed E-state index contributed by atoms with van der Waals surface area (Å²) in [4.78, 5) is 0. The van der Waals surface area contributed by atoms with E-state index < -0.39 is 5.82 Å². The SMILES string of the molecule is COCC(CNc1cc(OC)c(F)cc1N)OC. The van der Waals surface area contributed by atoms with Crippen LogP contribution in [-0.2, 0) is 9.47 Å². The van der Waals surface area contributed by atoms with Gasteiger partial charge in [-0.05, 0) is 0 Å². The first-order valence-corrected chi connectivity index (χ1v) is 5.51. The highest BCUT2D eigenvalue weighted by atomic mass is 19.1. The largest absolute Gasteiger partial charge is 0.494 e. The average Bonchev–Trinajstić information content (AvgIpc) is 2.36. The van der Waals surface area contributed by atoms with Crippen LogP contribution in [0.4, 0.5) is 15.8 Å². The smallest absolute Gasteiger partial charge is 0.167 e. The van der Waals surface area contributed by atoms with Gasteiger partial charge in [0.25, 0.3) is 0 Å². The Balaban J connectivity index is 2.72. The lowest BCUT2D eigenvalue weighted by atomic mass is 10.2. The Morgan fingerprint density at radius 3 is 2.61 bits per heavy atom. The van der Waals surface area contributed by atoms with Crippen molar-refractivity contribution in [2.24, 2.45) is 0 Å². The Morgan fingerprint density at radius 2 is 2.06 bits per heavy atom. The third kappa shape index (κ3) is 3.75. The highest BCUT2D eigenvalue weighted by Gasteiger charge is 2.11. The highest BCUT2D eigenvalue weighted by molar-refractivity contribution is 5.68. The zero-order valence-electron chi connectivity index (χ0n) is 10.8. The first-order valence-electron chi connectivity index (χ1n) is 5.51. The molecule has 1 aromatic carbocycles. The molecule has 0 heterocycles. The molecule has 1 atom stereocenters. The molecule has 1 rings (SSSR count). The number of rotatable bonds is 7. The molecule has 0 aliphatic rings. The zero-order valence-corrected chi connectivity index (χ0v) is 10.8. The average molecular weight is 258 g/mol. The summed E-state index contributed by atoms with van der Waals surface area (Å²) < 4.78 is 28.4. The van der Waals surface area contributed by atoms with Gasteiger partial charge in [-0.2, -0.15) is 0 Å². The van der Waals surface area contributed by atoms with Gasteiger partial charge in [0.2, 0.25) is 0 Å². The van der Waals surface area contributed by atoms with Gasteiger partial charge in [0.1, 0.15) is 0 Å². The summed E-state index contributed by atoms with van der Waals surface area (Å²) in [6, 6.07) is 2.74. The number of anilines is 2. The molecule has 0 aliphatic heterocycles. The van der Waals surface area contributed by atoms with Crippen molar-refractivity contribution in [3.05, 3.63) is 17.9 Å². The lowest BCUT2D eigenvalue weighted by Gasteiger charge is -2.17. The fourth-order valence-corrected chi connectivity index (χ4v) is 1.50. The quantitative estimate of drug-likeness (QED) is 0.725. The fraction of sp³-hybridized carbons (Fsp3) is 0.500. The molecule has 0 radical (unpaired) electrons. The van der Waals surface area contributed by atoms with Gasteiger partial charge in [-0.3, -0.25) is 0 Å². The first kappa shape index (κ1) is 14.5. The molecule has 0 spiro atoms. The number of halogens is 1. The molecule has 1 unspecified atom stereocenters. The van der Waals surface area contributed by atoms with Crippen molar-refractivity contribution in [2.45, 2.75) is 6.10 Å². The number of nitrogens with one attached hydrogen (secondary N) is 1. The van der Waals surface area contributed by atoms with E-state index in [9.17, 15) is 4.39 Å². The van der Waals surface area contributed by atoms with Crippen molar-refractivity contribution in [3.63, 3.8) is 0 Å². The second kappa shape index (κ2) is 7.03. The summed E-state index contributed by atoms with van der Waals surface area (Å²) in [5.41, 5.74) is 6.64. The lowest BCUT2D eigenvalue weighted by molar-refractivity contribution is 0.0366. The van der Waals surface area contributed by atoms with Gasteiger partial charge in [-0.25, -0.2) is 4.39 Å². The van der Waals surface area contributed by atoms with E-state index >= 15 is 0 Å². The molecule has 0 fully saturated rings. The van der Waals surface area contributed by atoms with Gasteiger partial charge < -0.3 is 25.3 Å². The van der Waals surface area contributed by atoms with Crippen molar-refractivity contribution >= 4 is 11.4 Å². The Kier molecular flexibility index (Phi) is 5.67. The Morgan fingerprint density at radius 1 is 1.33 bits per heavy atom. The van der Waals surface area contributed by atoms with Crippen LogP contribution in [0.2, 0.25) is 0 Å². The minimum atomic E-state index is -0.485. The molecule has 0 amide bonds. The maximum Gasteiger partial charge on any atom is 0.167 e. The number of nitrogens with two attached hydrogens (primary N) is 1. The summed E-state index contributed by atoms with van der Waals surface area (Å²) in [6.45, 7) is 0.963. The molecular formula is C12H19FN2O3. The summed E-state index contributed by atoms with van der Waals surface area (Å²) in [5, 5.41) is 3.07. The number of hydrogen-bond acceptors (Lipinski definition) is 5. The maximum atomic E-state index is 13.3. The number of methoxy groups -OCH3 is 3. The van der Waals surface area contributed by atoms with Crippen LogP contribution in [0.1, 0.15) is 0 Å². The van der Waals surface area contributed by atoms with Crippen molar-refractivity contribution in [2.75, 3.05) is 45.5 Å². The van der Waals surface area contributed by atoms with Crippen LogP contribution in [0.25, 0.3) is 0 Å². The van der Waals surface area contributed by atoms with Crippen LogP contribution in [-0.4, -0.2) is 40.6 Å². The predicted octanol–water partition coefficient (Wildman–Crippen LogP) is 1.49. The number of ether oxygens (including phenoxy) is 3. The molecule has 0 bridgehead atoms. The van der Waals surface area contributed by atoms with E-state index in [4.69, 9.17) is 19.9 Å². The Bertz CT molecular complexity index is 388. The summed E-state index contributed by atoms with van der Waals surface area (Å²) in [6.07, 6.45) is -0.106. The molecular weight excluding hydrogens is 239 g/mol. The molecule has 102 valence electrons. The minimum absolute atomic E-state index is 0.106. The van der Waals surface area contributed by atoms with Gasteiger partial charge in [0.05, 0.1) is 31.2 Å². The third-order valence-corrected chi connectivity index (χ3v) is 2.53. The van der Waals surface area contributed by atoms with Crippen LogP contribution in [0.3, 0.4) is 0 Å².